The first-order valence-corrected chi connectivity index (χ1v) is 9.80. The van der Waals surface area contributed by atoms with Crippen molar-refractivity contribution in [2.45, 2.75) is 45.1 Å². The zero-order valence-corrected chi connectivity index (χ0v) is 16.6. The number of ether oxygens (including phenoxy) is 1. The molecular formula is C21H24FN3O5. The first-order chi connectivity index (χ1) is 14.3. The third kappa shape index (κ3) is 5.65. The molecule has 160 valence electrons. The average molecular weight is 417 g/mol. The number of carbonyl (C=O) groups excluding carboxylic acids is 1. The maximum atomic E-state index is 13.0. The van der Waals surface area contributed by atoms with Crippen molar-refractivity contribution in [1.82, 2.24) is 15.3 Å². The first-order valence-electron chi connectivity index (χ1n) is 9.80. The average Bonchev–Trinajstić information content (AvgIpc) is 2.72. The van der Waals surface area contributed by atoms with Crippen molar-refractivity contribution < 1.29 is 28.9 Å². The minimum atomic E-state index is -1.19. The van der Waals surface area contributed by atoms with Gasteiger partial charge in [0.1, 0.15) is 23.9 Å². The number of hydrogen-bond acceptors (Lipinski definition) is 6. The third-order valence-corrected chi connectivity index (χ3v) is 5.10. The predicted octanol–water partition coefficient (Wildman–Crippen LogP) is 2.62. The lowest BCUT2D eigenvalue weighted by atomic mass is 9.85. The van der Waals surface area contributed by atoms with Crippen LogP contribution in [-0.4, -0.2) is 44.7 Å². The summed E-state index contributed by atoms with van der Waals surface area (Å²) in [5.74, 6) is -1.20. The molecule has 1 saturated carbocycles. The van der Waals surface area contributed by atoms with Crippen LogP contribution < -0.4 is 10.1 Å². The van der Waals surface area contributed by atoms with Gasteiger partial charge in [-0.2, -0.15) is 0 Å². The van der Waals surface area contributed by atoms with Gasteiger partial charge in [0.25, 0.3) is 5.91 Å². The number of carboxylic acid groups (broad SMARTS) is 1. The van der Waals surface area contributed by atoms with E-state index in [1.807, 2.05) is 0 Å². The summed E-state index contributed by atoms with van der Waals surface area (Å²) in [5, 5.41) is 21.0. The van der Waals surface area contributed by atoms with Crippen LogP contribution in [0.1, 0.15) is 47.7 Å². The number of nitrogens with one attached hydrogen (secondary N) is 1. The topological polar surface area (TPSA) is 122 Å². The van der Waals surface area contributed by atoms with Crippen LogP contribution in [0.4, 0.5) is 4.39 Å². The number of aromatic nitrogens is 2. The van der Waals surface area contributed by atoms with Crippen molar-refractivity contribution >= 4 is 11.9 Å². The fraction of sp³-hybridized carbons (Fsp3) is 0.429. The van der Waals surface area contributed by atoms with Crippen LogP contribution in [0.3, 0.4) is 0 Å². The Labute approximate surface area is 173 Å². The van der Waals surface area contributed by atoms with Crippen LogP contribution in [0.25, 0.3) is 0 Å². The Hall–Kier alpha value is -3.23. The largest absolute Gasteiger partial charge is 0.504 e. The highest BCUT2D eigenvalue weighted by Gasteiger charge is 2.25. The first kappa shape index (κ1) is 21.5. The van der Waals surface area contributed by atoms with Crippen LogP contribution >= 0.6 is 0 Å². The summed E-state index contributed by atoms with van der Waals surface area (Å²) in [6.07, 6.45) is 4.05. The number of aliphatic carboxylic acids is 1. The second-order valence-electron chi connectivity index (χ2n) is 7.42. The highest BCUT2D eigenvalue weighted by Crippen LogP contribution is 2.30. The number of carbonyl (C=O) groups is 2. The molecular weight excluding hydrogens is 393 g/mol. The molecule has 0 radical (unpaired) electrons. The number of aryl methyl sites for hydroxylation is 1. The lowest BCUT2D eigenvalue weighted by molar-refractivity contribution is -0.135. The van der Waals surface area contributed by atoms with E-state index in [-0.39, 0.29) is 29.1 Å². The molecule has 3 N–H and O–H groups in total. The Morgan fingerprint density at radius 1 is 1.17 bits per heavy atom. The molecule has 2 aromatic rings. The summed E-state index contributed by atoms with van der Waals surface area (Å²) < 4.78 is 18.9. The summed E-state index contributed by atoms with van der Waals surface area (Å²) in [7, 11) is 0. The molecule has 0 aliphatic heterocycles. The van der Waals surface area contributed by atoms with Crippen LogP contribution in [0, 0.1) is 18.7 Å². The van der Waals surface area contributed by atoms with Crippen LogP contribution in [0.5, 0.6) is 11.5 Å². The number of aromatic hydroxyl groups is 1. The van der Waals surface area contributed by atoms with Gasteiger partial charge in [-0.3, -0.25) is 9.59 Å². The summed E-state index contributed by atoms with van der Waals surface area (Å²) in [4.78, 5) is 31.2. The fourth-order valence-electron chi connectivity index (χ4n) is 3.53. The minimum absolute atomic E-state index is 0.0616. The Balaban J connectivity index is 1.58. The zero-order valence-electron chi connectivity index (χ0n) is 16.6. The van der Waals surface area contributed by atoms with E-state index in [4.69, 9.17) is 9.84 Å². The molecule has 0 atom stereocenters. The van der Waals surface area contributed by atoms with Gasteiger partial charge >= 0.3 is 5.97 Å². The molecule has 3 rings (SSSR count). The molecule has 1 aromatic carbocycles. The zero-order chi connectivity index (χ0) is 21.7. The molecule has 1 amide bonds. The normalized spacial score (nSPS) is 18.6. The molecule has 1 aromatic heterocycles. The van der Waals surface area contributed by atoms with Crippen molar-refractivity contribution in [1.29, 1.82) is 0 Å². The van der Waals surface area contributed by atoms with E-state index in [9.17, 15) is 19.1 Å². The third-order valence-electron chi connectivity index (χ3n) is 5.10. The molecule has 0 unspecified atom stereocenters. The molecule has 1 aliphatic carbocycles. The number of nitrogens with zero attached hydrogens (tertiary/aromatic N) is 2. The van der Waals surface area contributed by atoms with E-state index in [2.05, 4.69) is 15.3 Å². The quantitative estimate of drug-likeness (QED) is 0.633. The van der Waals surface area contributed by atoms with Gasteiger partial charge in [0.05, 0.1) is 11.8 Å². The van der Waals surface area contributed by atoms with Crippen molar-refractivity contribution in [3.05, 3.63) is 47.3 Å². The van der Waals surface area contributed by atoms with Gasteiger partial charge < -0.3 is 20.3 Å². The summed E-state index contributed by atoms with van der Waals surface area (Å²) in [6, 6.07) is 5.97. The van der Waals surface area contributed by atoms with Crippen LogP contribution in [0.2, 0.25) is 0 Å². The summed E-state index contributed by atoms with van der Waals surface area (Å²) in [5.41, 5.74) is 0.0564. The van der Waals surface area contributed by atoms with Gasteiger partial charge in [-0.25, -0.2) is 14.4 Å². The van der Waals surface area contributed by atoms with E-state index in [0.29, 0.717) is 23.9 Å². The van der Waals surface area contributed by atoms with Crippen molar-refractivity contribution in [2.75, 3.05) is 6.54 Å². The van der Waals surface area contributed by atoms with Crippen LogP contribution in [0.15, 0.2) is 24.3 Å². The fourth-order valence-corrected chi connectivity index (χ4v) is 3.53. The molecule has 0 saturated heterocycles. The Kier molecular flexibility index (Phi) is 6.81. The molecule has 1 heterocycles. The molecule has 1 fully saturated rings. The molecule has 9 heteroatoms. The van der Waals surface area contributed by atoms with Gasteiger partial charge in [0, 0.05) is 6.42 Å². The standard InChI is InChI=1S/C21H24FN3O5/c1-12-20(28)19(21(29)23-11-18(26)27)25-17(24-12)10-13-2-6-15(7-3-13)30-16-8-4-14(22)5-9-16/h4-5,8-9,13,15,28H,2-3,6-7,10-11H2,1H3,(H,23,29)(H,26,27). The number of rotatable bonds is 7. The number of benzene rings is 1. The SMILES string of the molecule is Cc1nc(CC2CCC(Oc3ccc(F)cc3)CC2)nc(C(=O)NCC(=O)O)c1O. The molecule has 30 heavy (non-hydrogen) atoms. The van der Waals surface area contributed by atoms with Crippen molar-refractivity contribution in [3.8, 4) is 11.5 Å². The molecule has 1 aliphatic rings. The van der Waals surface area contributed by atoms with Gasteiger partial charge in [0.2, 0.25) is 0 Å². The maximum Gasteiger partial charge on any atom is 0.322 e. The summed E-state index contributed by atoms with van der Waals surface area (Å²) >= 11 is 0. The Morgan fingerprint density at radius 3 is 2.47 bits per heavy atom. The predicted molar refractivity (Wildman–Crippen MR) is 105 cm³/mol. The van der Waals surface area contributed by atoms with Crippen molar-refractivity contribution in [2.24, 2.45) is 5.92 Å². The molecule has 0 spiro atoms. The van der Waals surface area contributed by atoms with E-state index in [1.54, 1.807) is 19.1 Å². The maximum absolute atomic E-state index is 13.0. The van der Waals surface area contributed by atoms with Gasteiger partial charge in [0.15, 0.2) is 11.4 Å². The lowest BCUT2D eigenvalue weighted by Gasteiger charge is -2.28. The van der Waals surface area contributed by atoms with Crippen LogP contribution in [-0.2, 0) is 11.2 Å². The van der Waals surface area contributed by atoms with Gasteiger partial charge in [-0.05, 0) is 62.8 Å². The second kappa shape index (κ2) is 9.51. The number of hydrogen-bond donors (Lipinski definition) is 3. The lowest BCUT2D eigenvalue weighted by Crippen LogP contribution is -2.30. The van der Waals surface area contributed by atoms with Crippen molar-refractivity contribution in [3.63, 3.8) is 0 Å². The van der Waals surface area contributed by atoms with Gasteiger partial charge in [-0.1, -0.05) is 0 Å². The smallest absolute Gasteiger partial charge is 0.322 e. The Bertz CT molecular complexity index is 912. The number of carboxylic acids is 1. The molecule has 0 bridgehead atoms. The number of halogens is 1. The van der Waals surface area contributed by atoms with E-state index < -0.39 is 18.4 Å². The number of amides is 1. The van der Waals surface area contributed by atoms with Gasteiger partial charge in [-0.15, -0.1) is 0 Å². The van der Waals surface area contributed by atoms with E-state index in [1.165, 1.54) is 12.1 Å². The monoisotopic (exact) mass is 417 g/mol. The van der Waals surface area contributed by atoms with E-state index >= 15 is 0 Å². The minimum Gasteiger partial charge on any atom is -0.504 e. The Morgan fingerprint density at radius 2 is 1.83 bits per heavy atom. The summed E-state index contributed by atoms with van der Waals surface area (Å²) in [6.45, 7) is 1.01. The molecule has 8 nitrogen and oxygen atoms in total. The van der Waals surface area contributed by atoms with E-state index in [0.717, 1.165) is 25.7 Å². The highest BCUT2D eigenvalue weighted by atomic mass is 19.1. The second-order valence-corrected chi connectivity index (χ2v) is 7.42. The highest BCUT2D eigenvalue weighted by molar-refractivity contribution is 5.96.